The quantitative estimate of drug-likeness (QED) is 0.298. The van der Waals surface area contributed by atoms with Crippen molar-refractivity contribution >= 4 is 62.2 Å². The van der Waals surface area contributed by atoms with Gasteiger partial charge in [0.1, 0.15) is 9.71 Å². The zero-order valence-corrected chi connectivity index (χ0v) is 20.4. The van der Waals surface area contributed by atoms with Crippen LogP contribution in [0.2, 0.25) is 0 Å². The van der Waals surface area contributed by atoms with Crippen molar-refractivity contribution in [3.8, 4) is 10.7 Å². The fraction of sp³-hybridized carbons (Fsp3) is 0.286. The van der Waals surface area contributed by atoms with Gasteiger partial charge in [-0.25, -0.2) is 9.78 Å². The number of esters is 1. The number of anilines is 1. The molecule has 8 nitrogen and oxygen atoms in total. The highest BCUT2D eigenvalue weighted by Crippen LogP contribution is 2.38. The summed E-state index contributed by atoms with van der Waals surface area (Å²) in [6.45, 7) is 5.84. The molecule has 0 fully saturated rings. The van der Waals surface area contributed by atoms with E-state index in [1.165, 1.54) is 23.1 Å². The standard InChI is InChI=1S/C21H21N5O3S3/c1-5-29-20(28)17-16(15-11(2)9-12(3)22-19(15)32-17)23-14(27)10-31-21-25-24-18(26(21)4)13-7-6-8-30-13/h6-9H,5,10H2,1-4H3,(H,23,27). The number of hydrogen-bond donors (Lipinski definition) is 1. The van der Waals surface area contributed by atoms with Crippen molar-refractivity contribution in [1.82, 2.24) is 19.7 Å². The lowest BCUT2D eigenvalue weighted by molar-refractivity contribution is -0.113. The van der Waals surface area contributed by atoms with Crippen LogP contribution in [-0.2, 0) is 16.6 Å². The van der Waals surface area contributed by atoms with Crippen LogP contribution in [0.3, 0.4) is 0 Å². The van der Waals surface area contributed by atoms with Crippen molar-refractivity contribution < 1.29 is 14.3 Å². The molecule has 0 unspecified atom stereocenters. The number of thioether (sulfide) groups is 1. The molecule has 32 heavy (non-hydrogen) atoms. The number of aromatic nitrogens is 4. The van der Waals surface area contributed by atoms with Crippen LogP contribution in [0.25, 0.3) is 20.9 Å². The van der Waals surface area contributed by atoms with E-state index in [1.54, 1.807) is 18.3 Å². The minimum atomic E-state index is -0.468. The number of nitrogens with zero attached hydrogens (tertiary/aromatic N) is 4. The molecule has 0 atom stereocenters. The Morgan fingerprint density at radius 3 is 2.81 bits per heavy atom. The number of ether oxygens (including phenoxy) is 1. The van der Waals surface area contributed by atoms with Gasteiger partial charge in [-0.2, -0.15) is 0 Å². The molecule has 0 aliphatic carbocycles. The number of carbonyl (C=O) groups is 2. The minimum Gasteiger partial charge on any atom is -0.462 e. The maximum Gasteiger partial charge on any atom is 0.350 e. The smallest absolute Gasteiger partial charge is 0.350 e. The fourth-order valence-corrected chi connectivity index (χ4v) is 5.87. The maximum absolute atomic E-state index is 12.8. The van der Waals surface area contributed by atoms with Gasteiger partial charge in [-0.15, -0.1) is 32.9 Å². The SMILES string of the molecule is CCOC(=O)c1sc2nc(C)cc(C)c2c1NC(=O)CSc1nnc(-c2cccs2)n1C. The number of fused-ring (bicyclic) bond motifs is 1. The highest BCUT2D eigenvalue weighted by Gasteiger charge is 2.24. The van der Waals surface area contributed by atoms with Gasteiger partial charge in [-0.05, 0) is 43.8 Å². The maximum atomic E-state index is 12.8. The van der Waals surface area contributed by atoms with Crippen LogP contribution in [0.4, 0.5) is 5.69 Å². The second kappa shape index (κ2) is 9.39. The Morgan fingerprint density at radius 2 is 2.09 bits per heavy atom. The van der Waals surface area contributed by atoms with Crippen LogP contribution in [0.5, 0.6) is 0 Å². The average molecular weight is 488 g/mol. The number of amides is 1. The molecule has 1 amide bonds. The number of carbonyl (C=O) groups excluding carboxylic acids is 2. The zero-order chi connectivity index (χ0) is 22.8. The van der Waals surface area contributed by atoms with Gasteiger partial charge >= 0.3 is 5.97 Å². The number of aryl methyl sites for hydroxylation is 2. The van der Waals surface area contributed by atoms with E-state index >= 15 is 0 Å². The number of hydrogen-bond acceptors (Lipinski definition) is 9. The second-order valence-corrected chi connectivity index (χ2v) is 9.86. The predicted octanol–water partition coefficient (Wildman–Crippen LogP) is 4.68. The van der Waals surface area contributed by atoms with Gasteiger partial charge in [0.25, 0.3) is 0 Å². The van der Waals surface area contributed by atoms with Crippen LogP contribution < -0.4 is 5.32 Å². The number of nitrogens with one attached hydrogen (secondary N) is 1. The molecule has 166 valence electrons. The van der Waals surface area contributed by atoms with Gasteiger partial charge < -0.3 is 14.6 Å². The van der Waals surface area contributed by atoms with E-state index in [1.807, 2.05) is 49.0 Å². The molecule has 0 saturated heterocycles. The van der Waals surface area contributed by atoms with Gasteiger partial charge in [0.05, 0.1) is 22.9 Å². The Bertz CT molecular complexity index is 1290. The first-order valence-electron chi connectivity index (χ1n) is 9.82. The molecule has 1 N–H and O–H groups in total. The number of thiophene rings is 2. The third kappa shape index (κ3) is 4.41. The van der Waals surface area contributed by atoms with Crippen LogP contribution in [0.1, 0.15) is 27.9 Å². The van der Waals surface area contributed by atoms with Gasteiger partial charge in [0.2, 0.25) is 5.91 Å². The first-order valence-corrected chi connectivity index (χ1v) is 12.5. The molecule has 0 aromatic carbocycles. The summed E-state index contributed by atoms with van der Waals surface area (Å²) < 4.78 is 7.07. The molecule has 0 saturated carbocycles. The summed E-state index contributed by atoms with van der Waals surface area (Å²) in [5.41, 5.74) is 2.25. The van der Waals surface area contributed by atoms with Gasteiger partial charge in [-0.1, -0.05) is 17.8 Å². The molecule has 4 heterocycles. The molecular formula is C21H21N5O3S3. The van der Waals surface area contributed by atoms with Crippen molar-refractivity contribution in [2.24, 2.45) is 7.05 Å². The summed E-state index contributed by atoms with van der Waals surface area (Å²) in [5.74, 6) is 0.160. The predicted molar refractivity (Wildman–Crippen MR) is 129 cm³/mol. The first-order chi connectivity index (χ1) is 15.4. The Labute approximate surface area is 197 Å². The summed E-state index contributed by atoms with van der Waals surface area (Å²) in [4.78, 5) is 32.0. The summed E-state index contributed by atoms with van der Waals surface area (Å²) in [7, 11) is 1.87. The van der Waals surface area contributed by atoms with E-state index in [2.05, 4.69) is 20.5 Å². The Balaban J connectivity index is 1.56. The van der Waals surface area contributed by atoms with Gasteiger partial charge in [-0.3, -0.25) is 4.79 Å². The van der Waals surface area contributed by atoms with E-state index in [9.17, 15) is 9.59 Å². The Kier molecular flexibility index (Phi) is 6.58. The van der Waals surface area contributed by atoms with Crippen LogP contribution >= 0.6 is 34.4 Å². The number of pyridine rings is 1. The highest BCUT2D eigenvalue weighted by molar-refractivity contribution is 7.99. The van der Waals surface area contributed by atoms with E-state index < -0.39 is 5.97 Å². The molecule has 0 bridgehead atoms. The van der Waals surface area contributed by atoms with E-state index in [0.29, 0.717) is 20.6 Å². The van der Waals surface area contributed by atoms with E-state index in [4.69, 9.17) is 4.74 Å². The minimum absolute atomic E-state index is 0.119. The third-order valence-corrected chi connectivity index (χ3v) is 7.57. The largest absolute Gasteiger partial charge is 0.462 e. The zero-order valence-electron chi connectivity index (χ0n) is 18.0. The molecular weight excluding hydrogens is 466 g/mol. The lowest BCUT2D eigenvalue weighted by Crippen LogP contribution is -2.17. The third-order valence-electron chi connectivity index (χ3n) is 4.62. The van der Waals surface area contributed by atoms with Crippen molar-refractivity contribution in [2.45, 2.75) is 25.9 Å². The average Bonchev–Trinajstić information content (AvgIpc) is 3.46. The molecule has 0 aliphatic rings. The Hall–Kier alpha value is -2.76. The lowest BCUT2D eigenvalue weighted by atomic mass is 10.1. The Morgan fingerprint density at radius 1 is 1.28 bits per heavy atom. The summed E-state index contributed by atoms with van der Waals surface area (Å²) >= 11 is 4.10. The first kappa shape index (κ1) is 22.4. The van der Waals surface area contributed by atoms with E-state index in [0.717, 1.165) is 27.3 Å². The van der Waals surface area contributed by atoms with Gasteiger partial charge in [0.15, 0.2) is 11.0 Å². The van der Waals surface area contributed by atoms with Crippen molar-refractivity contribution in [3.05, 3.63) is 39.7 Å². The highest BCUT2D eigenvalue weighted by atomic mass is 32.2. The molecule has 0 aliphatic heterocycles. The summed E-state index contributed by atoms with van der Waals surface area (Å²) in [5, 5.41) is 14.7. The molecule has 4 rings (SSSR count). The lowest BCUT2D eigenvalue weighted by Gasteiger charge is -2.08. The monoisotopic (exact) mass is 487 g/mol. The molecule has 0 radical (unpaired) electrons. The van der Waals surface area contributed by atoms with Crippen molar-refractivity contribution in [3.63, 3.8) is 0 Å². The van der Waals surface area contributed by atoms with Crippen molar-refractivity contribution in [2.75, 3.05) is 17.7 Å². The molecule has 4 aromatic rings. The molecule has 0 spiro atoms. The van der Waals surface area contributed by atoms with Crippen LogP contribution in [0, 0.1) is 13.8 Å². The van der Waals surface area contributed by atoms with E-state index in [-0.39, 0.29) is 18.3 Å². The fourth-order valence-electron chi connectivity index (χ4n) is 3.27. The second-order valence-electron chi connectivity index (χ2n) is 6.97. The molecule has 11 heteroatoms. The van der Waals surface area contributed by atoms with Crippen LogP contribution in [-0.4, -0.2) is 44.0 Å². The topological polar surface area (TPSA) is 99.0 Å². The number of rotatable bonds is 7. The summed E-state index contributed by atoms with van der Waals surface area (Å²) in [6, 6.07) is 5.87. The summed E-state index contributed by atoms with van der Waals surface area (Å²) in [6.07, 6.45) is 0. The van der Waals surface area contributed by atoms with Gasteiger partial charge in [0, 0.05) is 18.1 Å². The van der Waals surface area contributed by atoms with Crippen LogP contribution in [0.15, 0.2) is 28.7 Å². The normalized spacial score (nSPS) is 11.1. The molecule has 4 aromatic heterocycles. The van der Waals surface area contributed by atoms with Crippen molar-refractivity contribution in [1.29, 1.82) is 0 Å².